The molecule has 0 saturated heterocycles. The fraction of sp³-hybridized carbons (Fsp3) is 0.400. The first-order chi connectivity index (χ1) is 3.27. The van der Waals surface area contributed by atoms with Gasteiger partial charge in [0.2, 0.25) is 0 Å². The van der Waals surface area contributed by atoms with Crippen LogP contribution in [0.15, 0.2) is 12.7 Å². The number of hydrogen-bond donors (Lipinski definition) is 0. The van der Waals surface area contributed by atoms with E-state index in [9.17, 15) is 9.90 Å². The van der Waals surface area contributed by atoms with Crippen molar-refractivity contribution in [3.05, 3.63) is 12.7 Å². The molecule has 0 aliphatic heterocycles. The molecular weight excluding hydrogens is 92.1 g/mol. The Labute approximate surface area is 42.5 Å². The maximum Gasteiger partial charge on any atom is 0.355 e. The van der Waals surface area contributed by atoms with E-state index in [2.05, 4.69) is 6.58 Å². The second-order valence-electron chi connectivity index (χ2n) is 1.20. The van der Waals surface area contributed by atoms with Gasteiger partial charge in [0.05, 0.1) is 6.42 Å². The van der Waals surface area contributed by atoms with Crippen molar-refractivity contribution < 1.29 is 9.90 Å². The standard InChI is InChI=1S/C5H7O2/c1-2-3-4-5(6)7/h2H,1,3-4H2. The van der Waals surface area contributed by atoms with Crippen LogP contribution in [0.1, 0.15) is 12.8 Å². The summed E-state index contributed by atoms with van der Waals surface area (Å²) in [4.78, 5) is 9.60. The van der Waals surface area contributed by atoms with Gasteiger partial charge in [0.15, 0.2) is 0 Å². The predicted molar refractivity (Wildman–Crippen MR) is 25.1 cm³/mol. The van der Waals surface area contributed by atoms with Crippen LogP contribution in [-0.4, -0.2) is 5.97 Å². The van der Waals surface area contributed by atoms with Crippen LogP contribution in [0.25, 0.3) is 0 Å². The molecule has 0 spiro atoms. The SMILES string of the molecule is C=CCCC([O])=O. The van der Waals surface area contributed by atoms with E-state index in [0.717, 1.165) is 0 Å². The minimum absolute atomic E-state index is 0.0868. The van der Waals surface area contributed by atoms with Gasteiger partial charge in [-0.15, -0.1) is 6.58 Å². The summed E-state index contributed by atoms with van der Waals surface area (Å²) in [5, 5.41) is 9.60. The average Bonchev–Trinajstić information content (AvgIpc) is 1.61. The molecule has 0 amide bonds. The van der Waals surface area contributed by atoms with Gasteiger partial charge in [-0.2, -0.15) is 0 Å². The van der Waals surface area contributed by atoms with Gasteiger partial charge in [-0.25, -0.2) is 9.90 Å². The minimum Gasteiger partial charge on any atom is -0.247 e. The van der Waals surface area contributed by atoms with Gasteiger partial charge >= 0.3 is 5.97 Å². The minimum atomic E-state index is -1.01. The summed E-state index contributed by atoms with van der Waals surface area (Å²) >= 11 is 0. The van der Waals surface area contributed by atoms with Gasteiger partial charge in [0.1, 0.15) is 0 Å². The lowest BCUT2D eigenvalue weighted by Crippen LogP contribution is -1.88. The summed E-state index contributed by atoms with van der Waals surface area (Å²) < 4.78 is 0. The van der Waals surface area contributed by atoms with Crippen LogP contribution in [0.3, 0.4) is 0 Å². The van der Waals surface area contributed by atoms with E-state index in [1.807, 2.05) is 0 Å². The molecule has 1 radical (unpaired) electrons. The molecular formula is C5H7O2. The van der Waals surface area contributed by atoms with Crippen molar-refractivity contribution in [3.8, 4) is 0 Å². The van der Waals surface area contributed by atoms with Gasteiger partial charge in [-0.05, 0) is 6.42 Å². The number of carbonyl (C=O) groups is 1. The predicted octanol–water partition coefficient (Wildman–Crippen LogP) is 0.910. The molecule has 0 rings (SSSR count). The van der Waals surface area contributed by atoms with Crippen molar-refractivity contribution in [2.75, 3.05) is 0 Å². The maximum absolute atomic E-state index is 9.60. The van der Waals surface area contributed by atoms with Gasteiger partial charge in [0.25, 0.3) is 0 Å². The van der Waals surface area contributed by atoms with Crippen LogP contribution >= 0.6 is 0 Å². The summed E-state index contributed by atoms with van der Waals surface area (Å²) in [5.41, 5.74) is 0. The molecule has 0 aliphatic carbocycles. The van der Waals surface area contributed by atoms with Crippen molar-refractivity contribution in [3.63, 3.8) is 0 Å². The number of carbonyl (C=O) groups excluding carboxylic acids is 1. The Hall–Kier alpha value is -0.790. The molecule has 7 heavy (non-hydrogen) atoms. The molecule has 0 atom stereocenters. The highest BCUT2D eigenvalue weighted by molar-refractivity contribution is 5.66. The third kappa shape index (κ3) is 5.21. The first-order valence-electron chi connectivity index (χ1n) is 2.08. The van der Waals surface area contributed by atoms with Crippen molar-refractivity contribution in [1.29, 1.82) is 0 Å². The molecule has 0 heterocycles. The Morgan fingerprint density at radius 3 is 2.43 bits per heavy atom. The summed E-state index contributed by atoms with van der Waals surface area (Å²) in [5.74, 6) is -1.01. The lowest BCUT2D eigenvalue weighted by Gasteiger charge is -1.78. The number of rotatable bonds is 3. The summed E-state index contributed by atoms with van der Waals surface area (Å²) in [6.07, 6.45) is 2.14. The summed E-state index contributed by atoms with van der Waals surface area (Å²) in [7, 11) is 0. The molecule has 0 aromatic carbocycles. The van der Waals surface area contributed by atoms with Crippen LogP contribution in [0.2, 0.25) is 0 Å². The fourth-order valence-electron chi connectivity index (χ4n) is 0.220. The van der Waals surface area contributed by atoms with Crippen LogP contribution in [-0.2, 0) is 9.90 Å². The molecule has 0 aliphatic rings. The highest BCUT2D eigenvalue weighted by Gasteiger charge is 1.92. The van der Waals surface area contributed by atoms with Crippen molar-refractivity contribution in [1.82, 2.24) is 0 Å². The number of hydrogen-bond acceptors (Lipinski definition) is 1. The van der Waals surface area contributed by atoms with Crippen LogP contribution in [0, 0.1) is 0 Å². The van der Waals surface area contributed by atoms with Crippen LogP contribution in [0.4, 0.5) is 0 Å². The first kappa shape index (κ1) is 6.21. The smallest absolute Gasteiger partial charge is 0.247 e. The van der Waals surface area contributed by atoms with Gasteiger partial charge in [-0.1, -0.05) is 6.08 Å². The summed E-state index contributed by atoms with van der Waals surface area (Å²) in [6.45, 7) is 3.34. The van der Waals surface area contributed by atoms with Crippen LogP contribution in [0.5, 0.6) is 0 Å². The van der Waals surface area contributed by atoms with Crippen molar-refractivity contribution >= 4 is 5.97 Å². The summed E-state index contributed by atoms with van der Waals surface area (Å²) in [6, 6.07) is 0. The highest BCUT2D eigenvalue weighted by Crippen LogP contribution is 1.86. The zero-order valence-electron chi connectivity index (χ0n) is 4.02. The molecule has 0 unspecified atom stereocenters. The van der Waals surface area contributed by atoms with E-state index in [4.69, 9.17) is 0 Å². The Bertz CT molecular complexity index is 76.1. The largest absolute Gasteiger partial charge is 0.355 e. The van der Waals surface area contributed by atoms with E-state index in [-0.39, 0.29) is 6.42 Å². The van der Waals surface area contributed by atoms with Gasteiger partial charge in [-0.3, -0.25) is 0 Å². The Morgan fingerprint density at radius 2 is 2.29 bits per heavy atom. The maximum atomic E-state index is 9.60. The normalized spacial score (nSPS) is 8.00. The molecule has 2 heteroatoms. The van der Waals surface area contributed by atoms with E-state index >= 15 is 0 Å². The van der Waals surface area contributed by atoms with Gasteiger partial charge in [0, 0.05) is 0 Å². The first-order valence-corrected chi connectivity index (χ1v) is 2.08. The second kappa shape index (κ2) is 3.40. The lowest BCUT2D eigenvalue weighted by molar-refractivity contribution is -0.142. The Morgan fingerprint density at radius 1 is 1.71 bits per heavy atom. The van der Waals surface area contributed by atoms with E-state index in [0.29, 0.717) is 6.42 Å². The quantitative estimate of drug-likeness (QED) is 0.484. The zero-order valence-corrected chi connectivity index (χ0v) is 4.02. The molecule has 0 N–H and O–H groups in total. The third-order valence-corrected chi connectivity index (χ3v) is 0.553. The highest BCUT2D eigenvalue weighted by atomic mass is 16.4. The molecule has 0 aromatic rings. The molecule has 0 aromatic heterocycles. The van der Waals surface area contributed by atoms with Crippen LogP contribution < -0.4 is 0 Å². The molecule has 2 nitrogen and oxygen atoms in total. The topological polar surface area (TPSA) is 37.0 Å². The van der Waals surface area contributed by atoms with Crippen molar-refractivity contribution in [2.45, 2.75) is 12.8 Å². The average molecular weight is 99.1 g/mol. The van der Waals surface area contributed by atoms with E-state index in [1.54, 1.807) is 6.08 Å². The molecule has 39 valence electrons. The Balaban J connectivity index is 2.97. The Kier molecular flexibility index (Phi) is 3.02. The molecule has 0 saturated carbocycles. The van der Waals surface area contributed by atoms with E-state index in [1.165, 1.54) is 0 Å². The third-order valence-electron chi connectivity index (χ3n) is 0.553. The monoisotopic (exact) mass is 99.0 g/mol. The zero-order chi connectivity index (χ0) is 5.70. The van der Waals surface area contributed by atoms with E-state index < -0.39 is 5.97 Å². The van der Waals surface area contributed by atoms with Gasteiger partial charge < -0.3 is 0 Å². The molecule has 0 bridgehead atoms. The fourth-order valence-corrected chi connectivity index (χ4v) is 0.220. The van der Waals surface area contributed by atoms with Crippen molar-refractivity contribution in [2.24, 2.45) is 0 Å². The lowest BCUT2D eigenvalue weighted by atomic mass is 10.3. The second-order valence-corrected chi connectivity index (χ2v) is 1.20. The number of allylic oxidation sites excluding steroid dienone is 1. The molecule has 0 fully saturated rings.